The minimum Gasteiger partial charge on any atom is -0.494 e. The maximum Gasteiger partial charge on any atom is 0.167 e. The van der Waals surface area contributed by atoms with E-state index in [1.165, 1.54) is 30.3 Å². The lowest BCUT2D eigenvalue weighted by molar-refractivity contribution is -0.0881. The summed E-state index contributed by atoms with van der Waals surface area (Å²) in [4.78, 5) is 0. The zero-order chi connectivity index (χ0) is 20.8. The number of ether oxygens (including phenoxy) is 3. The molecule has 1 heterocycles. The van der Waals surface area contributed by atoms with Gasteiger partial charge in [-0.3, -0.25) is 0 Å². The van der Waals surface area contributed by atoms with Gasteiger partial charge in [-0.2, -0.15) is 0 Å². The summed E-state index contributed by atoms with van der Waals surface area (Å²) in [5, 5.41) is 0. The van der Waals surface area contributed by atoms with Crippen molar-refractivity contribution >= 4 is 0 Å². The van der Waals surface area contributed by atoms with Crippen molar-refractivity contribution in [3.63, 3.8) is 0 Å². The van der Waals surface area contributed by atoms with Crippen molar-refractivity contribution in [3.8, 4) is 16.9 Å². The van der Waals surface area contributed by atoms with Gasteiger partial charge in [0, 0.05) is 29.4 Å². The molecule has 29 heavy (non-hydrogen) atoms. The van der Waals surface area contributed by atoms with Gasteiger partial charge in [-0.05, 0) is 38.3 Å². The van der Waals surface area contributed by atoms with Crippen molar-refractivity contribution in [1.29, 1.82) is 0 Å². The van der Waals surface area contributed by atoms with Crippen molar-refractivity contribution in [2.24, 2.45) is 0 Å². The molecule has 2 aromatic rings. The van der Waals surface area contributed by atoms with Crippen LogP contribution in [-0.4, -0.2) is 25.9 Å². The van der Waals surface area contributed by atoms with Crippen molar-refractivity contribution in [1.82, 2.24) is 0 Å². The molecule has 0 N–H and O–H groups in total. The van der Waals surface area contributed by atoms with Gasteiger partial charge in [0.15, 0.2) is 11.6 Å². The molecule has 158 valence electrons. The summed E-state index contributed by atoms with van der Waals surface area (Å²) in [7, 11) is 0. The second-order valence-corrected chi connectivity index (χ2v) is 7.15. The Hall–Kier alpha value is -2.05. The van der Waals surface area contributed by atoms with Crippen LogP contribution in [0.5, 0.6) is 5.75 Å². The Labute approximate surface area is 169 Å². The topological polar surface area (TPSA) is 27.7 Å². The second-order valence-electron chi connectivity index (χ2n) is 7.15. The monoisotopic (exact) mass is 408 g/mol. The van der Waals surface area contributed by atoms with Crippen LogP contribution in [0.2, 0.25) is 0 Å². The summed E-state index contributed by atoms with van der Waals surface area (Å²) >= 11 is 0. The molecule has 2 unspecified atom stereocenters. The highest BCUT2D eigenvalue weighted by Crippen LogP contribution is 2.36. The molecule has 3 rings (SSSR count). The second kappa shape index (κ2) is 10.1. The average Bonchev–Trinajstić information content (AvgIpc) is 2.72. The molecule has 0 saturated carbocycles. The van der Waals surface area contributed by atoms with E-state index >= 15 is 0 Å². The zero-order valence-electron chi connectivity index (χ0n) is 16.8. The van der Waals surface area contributed by atoms with Crippen LogP contribution in [0.3, 0.4) is 0 Å². The summed E-state index contributed by atoms with van der Waals surface area (Å²) in [6.45, 7) is 5.30. The highest BCUT2D eigenvalue weighted by Gasteiger charge is 2.28. The van der Waals surface area contributed by atoms with Gasteiger partial charge in [-0.25, -0.2) is 13.2 Å². The standard InChI is InChI=1S/C23H27F3O3/c1-3-5-12-28-16-7-11-21(29-14-16)19-10-9-18(22(25)23(19)26)17-8-6-15(27-4-2)13-20(17)24/h6,8-10,13,16,21H,3-5,7,11-12,14H2,1-2H3. The molecule has 0 amide bonds. The third kappa shape index (κ3) is 5.11. The van der Waals surface area contributed by atoms with E-state index in [0.717, 1.165) is 19.3 Å². The molecule has 2 atom stereocenters. The molecule has 0 radical (unpaired) electrons. The maximum absolute atomic E-state index is 14.8. The highest BCUT2D eigenvalue weighted by atomic mass is 19.2. The number of hydrogen-bond acceptors (Lipinski definition) is 3. The molecule has 3 nitrogen and oxygen atoms in total. The van der Waals surface area contributed by atoms with Gasteiger partial charge in [-0.1, -0.05) is 25.5 Å². The molecule has 0 bridgehead atoms. The van der Waals surface area contributed by atoms with Crippen LogP contribution >= 0.6 is 0 Å². The first kappa shape index (κ1) is 21.7. The van der Waals surface area contributed by atoms with Crippen LogP contribution in [0.4, 0.5) is 13.2 Å². The lowest BCUT2D eigenvalue weighted by atomic mass is 9.96. The van der Waals surface area contributed by atoms with Crippen molar-refractivity contribution in [3.05, 3.63) is 53.3 Å². The van der Waals surface area contributed by atoms with Gasteiger partial charge < -0.3 is 14.2 Å². The van der Waals surface area contributed by atoms with Gasteiger partial charge in [-0.15, -0.1) is 0 Å². The molecular weight excluding hydrogens is 381 g/mol. The zero-order valence-corrected chi connectivity index (χ0v) is 16.8. The lowest BCUT2D eigenvalue weighted by Gasteiger charge is -2.29. The molecule has 1 aliphatic rings. The SMILES string of the molecule is CCCCOC1CCC(c2ccc(-c3ccc(OCC)cc3F)c(F)c2F)OC1. The summed E-state index contributed by atoms with van der Waals surface area (Å²) in [6.07, 6.45) is 2.78. The summed E-state index contributed by atoms with van der Waals surface area (Å²) < 4.78 is 60.6. The molecule has 0 spiro atoms. The first-order valence-electron chi connectivity index (χ1n) is 10.2. The van der Waals surface area contributed by atoms with Gasteiger partial charge in [0.05, 0.1) is 25.4 Å². The van der Waals surface area contributed by atoms with Crippen LogP contribution in [0.1, 0.15) is 51.2 Å². The Kier molecular flexibility index (Phi) is 7.56. The number of halogens is 3. The van der Waals surface area contributed by atoms with Crippen LogP contribution in [0, 0.1) is 17.5 Å². The summed E-state index contributed by atoms with van der Waals surface area (Å²) in [5.41, 5.74) is 0.0262. The van der Waals surface area contributed by atoms with Gasteiger partial charge in [0.2, 0.25) is 0 Å². The molecule has 6 heteroatoms. The number of benzene rings is 2. The fourth-order valence-electron chi connectivity index (χ4n) is 3.49. The van der Waals surface area contributed by atoms with Crippen LogP contribution in [0.15, 0.2) is 30.3 Å². The van der Waals surface area contributed by atoms with Gasteiger partial charge in [0.25, 0.3) is 0 Å². The van der Waals surface area contributed by atoms with E-state index in [2.05, 4.69) is 6.92 Å². The van der Waals surface area contributed by atoms with Crippen molar-refractivity contribution in [2.75, 3.05) is 19.8 Å². The van der Waals surface area contributed by atoms with Crippen LogP contribution in [-0.2, 0) is 9.47 Å². The quantitative estimate of drug-likeness (QED) is 0.486. The lowest BCUT2D eigenvalue weighted by Crippen LogP contribution is -2.28. The largest absolute Gasteiger partial charge is 0.494 e. The predicted molar refractivity (Wildman–Crippen MR) is 105 cm³/mol. The minimum absolute atomic E-state index is 0.00893. The van der Waals surface area contributed by atoms with E-state index in [9.17, 15) is 13.2 Å². The highest BCUT2D eigenvalue weighted by molar-refractivity contribution is 5.66. The first-order chi connectivity index (χ1) is 14.0. The third-order valence-corrected chi connectivity index (χ3v) is 5.09. The molecule has 0 aromatic heterocycles. The molecule has 1 saturated heterocycles. The number of rotatable bonds is 8. The average molecular weight is 408 g/mol. The summed E-state index contributed by atoms with van der Waals surface area (Å²) in [5.74, 6) is -2.39. The molecule has 2 aromatic carbocycles. The first-order valence-corrected chi connectivity index (χ1v) is 10.2. The molecule has 0 aliphatic carbocycles. The smallest absolute Gasteiger partial charge is 0.167 e. The molecule has 1 fully saturated rings. The normalized spacial score (nSPS) is 19.3. The minimum atomic E-state index is -1.07. The Morgan fingerprint density at radius 1 is 1.00 bits per heavy atom. The summed E-state index contributed by atoms with van der Waals surface area (Å²) in [6, 6.07) is 6.99. The van der Waals surface area contributed by atoms with Crippen LogP contribution < -0.4 is 4.74 Å². The predicted octanol–water partition coefficient (Wildman–Crippen LogP) is 6.21. The fraction of sp³-hybridized carbons (Fsp3) is 0.478. The van der Waals surface area contributed by atoms with E-state index in [1.807, 2.05) is 0 Å². The third-order valence-electron chi connectivity index (χ3n) is 5.09. The van der Waals surface area contributed by atoms with Crippen LogP contribution in [0.25, 0.3) is 11.1 Å². The molecular formula is C23H27F3O3. The maximum atomic E-state index is 14.8. The van der Waals surface area contributed by atoms with Crippen molar-refractivity contribution in [2.45, 2.75) is 51.7 Å². The Balaban J connectivity index is 1.74. The Bertz CT molecular complexity index is 817. The van der Waals surface area contributed by atoms with E-state index < -0.39 is 23.6 Å². The Morgan fingerprint density at radius 3 is 2.45 bits per heavy atom. The number of unbranched alkanes of at least 4 members (excludes halogenated alkanes) is 1. The van der Waals surface area contributed by atoms with Gasteiger partial charge >= 0.3 is 0 Å². The van der Waals surface area contributed by atoms with E-state index in [-0.39, 0.29) is 22.8 Å². The fourth-order valence-corrected chi connectivity index (χ4v) is 3.49. The number of hydrogen-bond donors (Lipinski definition) is 0. The van der Waals surface area contributed by atoms with E-state index in [0.29, 0.717) is 32.0 Å². The van der Waals surface area contributed by atoms with E-state index in [4.69, 9.17) is 14.2 Å². The van der Waals surface area contributed by atoms with E-state index in [1.54, 1.807) is 6.92 Å². The Morgan fingerprint density at radius 2 is 1.79 bits per heavy atom. The van der Waals surface area contributed by atoms with Gasteiger partial charge in [0.1, 0.15) is 11.6 Å². The van der Waals surface area contributed by atoms with Crippen molar-refractivity contribution < 1.29 is 27.4 Å². The molecule has 1 aliphatic heterocycles.